The molecular weight excluding hydrogens is 1010 g/mol. The van der Waals surface area contributed by atoms with Gasteiger partial charge < -0.3 is 45.1 Å². The number of unbranched alkanes of at least 4 members (excludes halogenated alkanes) is 36. The average molecular weight is 1140 g/mol. The maximum Gasteiger partial charge on any atom is 0.306 e. The lowest BCUT2D eigenvalue weighted by molar-refractivity contribution is -0.305. The lowest BCUT2D eigenvalue weighted by Crippen LogP contribution is -2.61. The smallest absolute Gasteiger partial charge is 0.306 e. The van der Waals surface area contributed by atoms with Gasteiger partial charge in [0.25, 0.3) is 0 Å². The monoisotopic (exact) mass is 1140 g/mol. The largest absolute Gasteiger partial charge is 0.454 e. The summed E-state index contributed by atoms with van der Waals surface area (Å²) < 4.78 is 17.7. The fourth-order valence-electron chi connectivity index (χ4n) is 10.5. The number of allylic oxidation sites excluding steroid dienone is 9. The van der Waals surface area contributed by atoms with Gasteiger partial charge in [0, 0.05) is 6.42 Å². The molecule has 0 bridgehead atoms. The minimum absolute atomic E-state index is 0.126. The number of ether oxygens (including phenoxy) is 3. The Bertz CT molecular complexity index is 1550. The Morgan fingerprint density at radius 1 is 0.481 bits per heavy atom. The van der Waals surface area contributed by atoms with Crippen molar-refractivity contribution in [2.75, 3.05) is 13.2 Å². The van der Waals surface area contributed by atoms with Crippen molar-refractivity contribution in [3.63, 3.8) is 0 Å². The Balaban J connectivity index is 2.59. The summed E-state index contributed by atoms with van der Waals surface area (Å²) in [5.74, 6) is -1.19. The van der Waals surface area contributed by atoms with Crippen LogP contribution in [0.2, 0.25) is 0 Å². The summed E-state index contributed by atoms with van der Waals surface area (Å²) in [6.07, 6.45) is 62.6. The normalized spacial score (nSPS) is 19.0. The predicted molar refractivity (Wildman–Crippen MR) is 338 cm³/mol. The zero-order valence-electron chi connectivity index (χ0n) is 52.4. The Labute approximate surface area is 497 Å². The molecule has 0 aromatic carbocycles. The lowest BCUT2D eigenvalue weighted by atomic mass is 9.99. The van der Waals surface area contributed by atoms with Crippen molar-refractivity contribution >= 4 is 11.9 Å². The maximum atomic E-state index is 13.5. The van der Waals surface area contributed by atoms with Crippen molar-refractivity contribution in [2.45, 2.75) is 359 Å². The number of aliphatic hydroxyl groups is 5. The summed E-state index contributed by atoms with van der Waals surface area (Å²) in [6, 6.07) is -1.03. The summed E-state index contributed by atoms with van der Waals surface area (Å²) in [7, 11) is 0. The van der Waals surface area contributed by atoms with Crippen LogP contribution in [0.1, 0.15) is 310 Å². The highest BCUT2D eigenvalue weighted by Crippen LogP contribution is 2.26. The number of rotatable bonds is 58. The first-order valence-electron chi connectivity index (χ1n) is 34.1. The van der Waals surface area contributed by atoms with E-state index >= 15 is 0 Å². The van der Waals surface area contributed by atoms with E-state index in [9.17, 15) is 35.1 Å². The van der Waals surface area contributed by atoms with Gasteiger partial charge in [-0.2, -0.15) is 0 Å². The van der Waals surface area contributed by atoms with Crippen LogP contribution in [0, 0.1) is 0 Å². The molecule has 0 aromatic heterocycles. The summed E-state index contributed by atoms with van der Waals surface area (Å²) in [5, 5.41) is 57.1. The number of amides is 1. The first kappa shape index (κ1) is 76.4. The fourth-order valence-corrected chi connectivity index (χ4v) is 10.5. The molecule has 1 heterocycles. The highest BCUT2D eigenvalue weighted by Gasteiger charge is 2.47. The highest BCUT2D eigenvalue weighted by molar-refractivity contribution is 5.80. The molecule has 0 spiro atoms. The SMILES string of the molecule is CCCCC/C=C\C/C=C\C/C=C\C/C=C\CCCCCCCCCCC(O)C(=O)NC(COC1OC(CO)C(O)C(O)C1OC(=O)CCCCCCCCCCCCCCCCCCC)C(O)/C=C/CCCCCCCCCCC. The second-order valence-electron chi connectivity index (χ2n) is 23.6. The summed E-state index contributed by atoms with van der Waals surface area (Å²) in [6.45, 7) is 5.78. The van der Waals surface area contributed by atoms with Crippen molar-refractivity contribution in [3.8, 4) is 0 Å². The molecule has 1 saturated heterocycles. The Kier molecular flexibility index (Phi) is 54.5. The topological polar surface area (TPSA) is 175 Å². The molecule has 472 valence electrons. The van der Waals surface area contributed by atoms with E-state index < -0.39 is 67.4 Å². The van der Waals surface area contributed by atoms with E-state index in [4.69, 9.17) is 14.2 Å². The molecule has 11 heteroatoms. The molecule has 81 heavy (non-hydrogen) atoms. The molecule has 1 amide bonds. The third-order valence-electron chi connectivity index (χ3n) is 15.9. The second-order valence-corrected chi connectivity index (χ2v) is 23.6. The van der Waals surface area contributed by atoms with Crippen LogP contribution in [0.4, 0.5) is 0 Å². The van der Waals surface area contributed by atoms with E-state index in [2.05, 4.69) is 74.7 Å². The third-order valence-corrected chi connectivity index (χ3v) is 15.9. The van der Waals surface area contributed by atoms with Crippen molar-refractivity contribution in [3.05, 3.63) is 60.8 Å². The molecule has 0 aromatic rings. The number of carbonyl (C=O) groups is 2. The van der Waals surface area contributed by atoms with Gasteiger partial charge in [-0.3, -0.25) is 9.59 Å². The summed E-state index contributed by atoms with van der Waals surface area (Å²) in [4.78, 5) is 26.6. The molecule has 0 saturated carbocycles. The van der Waals surface area contributed by atoms with Crippen LogP contribution in [-0.2, 0) is 23.8 Å². The minimum atomic E-state index is -1.61. The van der Waals surface area contributed by atoms with Gasteiger partial charge in [-0.15, -0.1) is 0 Å². The van der Waals surface area contributed by atoms with Gasteiger partial charge in [-0.25, -0.2) is 0 Å². The Morgan fingerprint density at radius 3 is 1.30 bits per heavy atom. The first-order valence-corrected chi connectivity index (χ1v) is 34.1. The molecule has 8 unspecified atom stereocenters. The van der Waals surface area contributed by atoms with Crippen LogP contribution in [0.25, 0.3) is 0 Å². The Hall–Kier alpha value is -2.64. The van der Waals surface area contributed by atoms with Crippen LogP contribution in [-0.4, -0.2) is 99.6 Å². The van der Waals surface area contributed by atoms with E-state index in [0.29, 0.717) is 12.8 Å². The standard InChI is InChI=1S/C70H127NO10/c1-4-7-10-13-16-19-22-24-26-28-29-30-31-32-33-34-36-37-39-42-45-48-51-54-57-63(74)69(78)71-61(62(73)56-53-50-47-44-41-21-18-15-12-9-6-3)60-79-70-68(67(77)66(76)64(59-72)80-70)81-65(75)58-55-52-49-46-43-40-38-35-27-25-23-20-17-14-11-8-5-2/h16,19,24,26,29-30,32-33,53,56,61-64,66-68,70,72-74,76-77H,4-15,17-18,20-23,25,27-28,31,34-52,54-55,57-60H2,1-3H3,(H,71,78)/b19-16-,26-24-,30-29-,33-32-,56-53+. The van der Waals surface area contributed by atoms with Gasteiger partial charge in [0.1, 0.15) is 24.4 Å². The number of nitrogens with one attached hydrogen (secondary N) is 1. The maximum absolute atomic E-state index is 13.5. The zero-order chi connectivity index (χ0) is 58.9. The van der Waals surface area contributed by atoms with Crippen molar-refractivity contribution in [1.82, 2.24) is 5.32 Å². The molecule has 6 N–H and O–H groups in total. The van der Waals surface area contributed by atoms with Gasteiger partial charge >= 0.3 is 5.97 Å². The quantitative estimate of drug-likeness (QED) is 0.0195. The van der Waals surface area contributed by atoms with Gasteiger partial charge in [-0.1, -0.05) is 293 Å². The molecule has 8 atom stereocenters. The van der Waals surface area contributed by atoms with Crippen LogP contribution in [0.5, 0.6) is 0 Å². The van der Waals surface area contributed by atoms with E-state index in [1.807, 2.05) is 6.08 Å². The molecular formula is C70H127NO10. The number of aliphatic hydroxyl groups excluding tert-OH is 5. The average Bonchev–Trinajstić information content (AvgIpc) is 3.50. The van der Waals surface area contributed by atoms with Crippen LogP contribution < -0.4 is 5.32 Å². The molecule has 1 aliphatic rings. The minimum Gasteiger partial charge on any atom is -0.454 e. The predicted octanol–water partition coefficient (Wildman–Crippen LogP) is 17.0. The van der Waals surface area contributed by atoms with Gasteiger partial charge in [0.2, 0.25) is 5.91 Å². The summed E-state index contributed by atoms with van der Waals surface area (Å²) >= 11 is 0. The number of esters is 1. The van der Waals surface area contributed by atoms with Crippen LogP contribution >= 0.6 is 0 Å². The van der Waals surface area contributed by atoms with Crippen molar-refractivity contribution < 1.29 is 49.3 Å². The zero-order valence-corrected chi connectivity index (χ0v) is 52.4. The van der Waals surface area contributed by atoms with E-state index in [-0.39, 0.29) is 19.4 Å². The number of hydrogen-bond donors (Lipinski definition) is 6. The third kappa shape index (κ3) is 45.4. The van der Waals surface area contributed by atoms with E-state index in [0.717, 1.165) is 83.5 Å². The molecule has 0 radical (unpaired) electrons. The van der Waals surface area contributed by atoms with Crippen molar-refractivity contribution in [2.24, 2.45) is 0 Å². The Morgan fingerprint density at radius 2 is 0.852 bits per heavy atom. The molecule has 11 nitrogen and oxygen atoms in total. The molecule has 1 fully saturated rings. The van der Waals surface area contributed by atoms with Gasteiger partial charge in [0.05, 0.1) is 25.4 Å². The summed E-state index contributed by atoms with van der Waals surface area (Å²) in [5.41, 5.74) is 0. The second kappa shape index (κ2) is 57.8. The number of hydrogen-bond acceptors (Lipinski definition) is 10. The highest BCUT2D eigenvalue weighted by atomic mass is 16.7. The van der Waals surface area contributed by atoms with Crippen molar-refractivity contribution in [1.29, 1.82) is 0 Å². The van der Waals surface area contributed by atoms with E-state index in [1.165, 1.54) is 180 Å². The van der Waals surface area contributed by atoms with E-state index in [1.54, 1.807) is 6.08 Å². The van der Waals surface area contributed by atoms with Crippen LogP contribution in [0.3, 0.4) is 0 Å². The molecule has 1 aliphatic heterocycles. The first-order chi connectivity index (χ1) is 39.7. The van der Waals surface area contributed by atoms with Crippen LogP contribution in [0.15, 0.2) is 60.8 Å². The molecule has 0 aliphatic carbocycles. The fraction of sp³-hybridized carbons (Fsp3) is 0.829. The van der Waals surface area contributed by atoms with Gasteiger partial charge in [0.15, 0.2) is 12.4 Å². The number of carbonyl (C=O) groups excluding carboxylic acids is 2. The lowest BCUT2D eigenvalue weighted by Gasteiger charge is -2.41. The van der Waals surface area contributed by atoms with Gasteiger partial charge in [-0.05, 0) is 70.6 Å². The molecule has 1 rings (SSSR count).